The van der Waals surface area contributed by atoms with E-state index >= 15 is 0 Å². The van der Waals surface area contributed by atoms with Crippen LogP contribution in [-0.2, 0) is 27.7 Å². The van der Waals surface area contributed by atoms with E-state index in [-0.39, 0.29) is 11.9 Å². The number of likely N-dealkylation sites (N-methyl/N-ethyl adjacent to an activating group) is 1. The average Bonchev–Trinajstić information content (AvgIpc) is 3.23. The zero-order valence-electron chi connectivity index (χ0n) is 17.7. The molecule has 0 aromatic heterocycles. The summed E-state index contributed by atoms with van der Waals surface area (Å²) in [7, 11) is 0.0309. The summed E-state index contributed by atoms with van der Waals surface area (Å²) in [4.78, 5) is 16.1. The maximum absolute atomic E-state index is 13.2. The smallest absolute Gasteiger partial charge is 0.285 e. The summed E-state index contributed by atoms with van der Waals surface area (Å²) in [5.74, 6) is 0.0473. The van der Waals surface area contributed by atoms with Crippen molar-refractivity contribution in [3.63, 3.8) is 0 Å². The zero-order valence-corrected chi connectivity index (χ0v) is 18.5. The highest BCUT2D eigenvalue weighted by molar-refractivity contribution is 7.89. The quantitative estimate of drug-likeness (QED) is 0.770. The number of carbonyl (C=O) groups excluding carboxylic acids is 1. The monoisotopic (exact) mass is 428 g/mol. The van der Waals surface area contributed by atoms with E-state index < -0.39 is 10.0 Å². The highest BCUT2D eigenvalue weighted by atomic mass is 32.2. The standard InChI is InChI=1S/C23H29N3O3S/c1-24(2)23(27)22(19-7-4-3-5-8-19)25-13-15-26(16-14-25)30(28,29)21-12-11-18-9-6-10-20(18)17-21/h3-5,7-8,11-12,17,22H,6,9-10,13-16H2,1-2H3/p+1/t22-/m1/s1. The number of amides is 1. The Hall–Kier alpha value is -2.22. The Morgan fingerprint density at radius 3 is 2.33 bits per heavy atom. The largest absolute Gasteiger partial charge is 0.343 e. The lowest BCUT2D eigenvalue weighted by atomic mass is 10.0. The van der Waals surface area contributed by atoms with Crippen molar-refractivity contribution < 1.29 is 18.1 Å². The molecular weight excluding hydrogens is 398 g/mol. The predicted molar refractivity (Wildman–Crippen MR) is 116 cm³/mol. The fourth-order valence-corrected chi connectivity index (χ4v) is 6.11. The lowest BCUT2D eigenvalue weighted by Crippen LogP contribution is -3.16. The van der Waals surface area contributed by atoms with Gasteiger partial charge in [-0.05, 0) is 42.5 Å². The molecule has 2 aromatic rings. The van der Waals surface area contributed by atoms with Gasteiger partial charge in [0.1, 0.15) is 0 Å². The number of benzene rings is 2. The van der Waals surface area contributed by atoms with Gasteiger partial charge in [-0.1, -0.05) is 36.4 Å². The van der Waals surface area contributed by atoms with Crippen LogP contribution >= 0.6 is 0 Å². The van der Waals surface area contributed by atoms with Crippen LogP contribution < -0.4 is 4.90 Å². The Bertz CT molecular complexity index is 1010. The van der Waals surface area contributed by atoms with Crippen molar-refractivity contribution in [1.82, 2.24) is 9.21 Å². The van der Waals surface area contributed by atoms with E-state index in [1.165, 1.54) is 11.1 Å². The van der Waals surface area contributed by atoms with Crippen molar-refractivity contribution in [1.29, 1.82) is 0 Å². The Kier molecular flexibility index (Phi) is 5.95. The summed E-state index contributed by atoms with van der Waals surface area (Å²) in [6.45, 7) is 2.03. The minimum Gasteiger partial charge on any atom is -0.343 e. The molecular formula is C23H30N3O3S+. The fraction of sp³-hybridized carbons (Fsp3) is 0.435. The lowest BCUT2D eigenvalue weighted by Gasteiger charge is -2.36. The van der Waals surface area contributed by atoms with Crippen LogP contribution in [-0.4, -0.2) is 63.8 Å². The van der Waals surface area contributed by atoms with Gasteiger partial charge in [-0.2, -0.15) is 4.31 Å². The number of sulfonamides is 1. The third-order valence-electron chi connectivity index (χ3n) is 6.30. The molecule has 1 aliphatic carbocycles. The van der Waals surface area contributed by atoms with Crippen LogP contribution in [0.1, 0.15) is 29.2 Å². The molecule has 1 N–H and O–H groups in total. The molecule has 160 valence electrons. The van der Waals surface area contributed by atoms with Crippen molar-refractivity contribution in [2.75, 3.05) is 40.3 Å². The van der Waals surface area contributed by atoms with Crippen LogP contribution in [0.25, 0.3) is 0 Å². The first kappa shape index (κ1) is 21.0. The maximum Gasteiger partial charge on any atom is 0.285 e. The number of nitrogens with one attached hydrogen (secondary N) is 1. The minimum absolute atomic E-state index is 0.0473. The molecule has 1 fully saturated rings. The second-order valence-electron chi connectivity index (χ2n) is 8.42. The van der Waals surface area contributed by atoms with Gasteiger partial charge in [0.05, 0.1) is 31.1 Å². The van der Waals surface area contributed by atoms with E-state index in [0.29, 0.717) is 31.1 Å². The maximum atomic E-state index is 13.2. The number of piperazine rings is 1. The van der Waals surface area contributed by atoms with E-state index in [4.69, 9.17) is 0 Å². The van der Waals surface area contributed by atoms with Crippen LogP contribution in [0, 0.1) is 0 Å². The number of nitrogens with zero attached hydrogens (tertiary/aromatic N) is 2. The number of hydrogen-bond acceptors (Lipinski definition) is 3. The first-order chi connectivity index (χ1) is 14.4. The predicted octanol–water partition coefficient (Wildman–Crippen LogP) is 0.894. The van der Waals surface area contributed by atoms with E-state index in [9.17, 15) is 13.2 Å². The van der Waals surface area contributed by atoms with Crippen LogP contribution in [0.3, 0.4) is 0 Å². The van der Waals surface area contributed by atoms with E-state index in [2.05, 4.69) is 0 Å². The van der Waals surface area contributed by atoms with Crippen LogP contribution in [0.2, 0.25) is 0 Å². The van der Waals surface area contributed by atoms with E-state index in [0.717, 1.165) is 29.7 Å². The third kappa shape index (κ3) is 4.02. The van der Waals surface area contributed by atoms with Gasteiger partial charge in [-0.3, -0.25) is 4.79 Å². The third-order valence-corrected chi connectivity index (χ3v) is 8.20. The molecule has 7 heteroatoms. The highest BCUT2D eigenvalue weighted by Gasteiger charge is 2.38. The van der Waals surface area contributed by atoms with Gasteiger partial charge in [0.25, 0.3) is 5.91 Å². The molecule has 2 aromatic carbocycles. The van der Waals surface area contributed by atoms with Crippen LogP contribution in [0.4, 0.5) is 0 Å². The molecule has 0 saturated carbocycles. The number of fused-ring (bicyclic) bond motifs is 1. The van der Waals surface area contributed by atoms with Gasteiger partial charge in [0, 0.05) is 19.7 Å². The van der Waals surface area contributed by atoms with Gasteiger partial charge in [-0.15, -0.1) is 0 Å². The van der Waals surface area contributed by atoms with Crippen molar-refractivity contribution in [3.05, 3.63) is 65.2 Å². The summed E-state index contributed by atoms with van der Waals surface area (Å²) < 4.78 is 28.0. The Morgan fingerprint density at radius 1 is 1.00 bits per heavy atom. The number of aryl methyl sites for hydroxylation is 2. The van der Waals surface area contributed by atoms with Crippen LogP contribution in [0.5, 0.6) is 0 Å². The van der Waals surface area contributed by atoms with Crippen molar-refractivity contribution in [3.8, 4) is 0 Å². The lowest BCUT2D eigenvalue weighted by molar-refractivity contribution is -0.925. The SMILES string of the molecule is CN(C)C(=O)[C@@H](c1ccccc1)[NH+]1CCN(S(=O)(=O)c2ccc3c(c2)CCC3)CC1. The second kappa shape index (κ2) is 8.49. The van der Waals surface area contributed by atoms with Gasteiger partial charge < -0.3 is 9.80 Å². The minimum atomic E-state index is -3.51. The summed E-state index contributed by atoms with van der Waals surface area (Å²) in [5, 5.41) is 0. The molecule has 1 heterocycles. The van der Waals surface area contributed by atoms with Crippen molar-refractivity contribution in [2.24, 2.45) is 0 Å². The Balaban J connectivity index is 1.51. The van der Waals surface area contributed by atoms with Gasteiger partial charge in [0.15, 0.2) is 6.04 Å². The van der Waals surface area contributed by atoms with Gasteiger partial charge in [-0.25, -0.2) is 8.42 Å². The van der Waals surface area contributed by atoms with Gasteiger partial charge >= 0.3 is 0 Å². The first-order valence-electron chi connectivity index (χ1n) is 10.6. The van der Waals surface area contributed by atoms with Gasteiger partial charge in [0.2, 0.25) is 10.0 Å². The summed E-state index contributed by atoms with van der Waals surface area (Å²) in [6.07, 6.45) is 3.10. The Labute approximate surface area is 179 Å². The van der Waals surface area contributed by atoms with E-state index in [1.54, 1.807) is 29.4 Å². The molecule has 1 aliphatic heterocycles. The molecule has 1 amide bonds. The topological polar surface area (TPSA) is 62.1 Å². The highest BCUT2D eigenvalue weighted by Crippen LogP contribution is 2.26. The number of hydrogen-bond donors (Lipinski definition) is 1. The molecule has 0 spiro atoms. The summed E-state index contributed by atoms with van der Waals surface area (Å²) in [5.41, 5.74) is 3.42. The molecule has 0 unspecified atom stereocenters. The number of carbonyl (C=O) groups is 1. The summed E-state index contributed by atoms with van der Waals surface area (Å²) >= 11 is 0. The molecule has 30 heavy (non-hydrogen) atoms. The number of rotatable bonds is 5. The molecule has 0 bridgehead atoms. The zero-order chi connectivity index (χ0) is 21.3. The molecule has 4 rings (SSSR count). The molecule has 2 aliphatic rings. The first-order valence-corrected chi connectivity index (χ1v) is 12.0. The Morgan fingerprint density at radius 2 is 1.67 bits per heavy atom. The second-order valence-corrected chi connectivity index (χ2v) is 10.4. The van der Waals surface area contributed by atoms with Crippen molar-refractivity contribution >= 4 is 15.9 Å². The molecule has 1 saturated heterocycles. The van der Waals surface area contributed by atoms with E-state index in [1.807, 2.05) is 42.5 Å². The molecule has 6 nitrogen and oxygen atoms in total. The summed E-state index contributed by atoms with van der Waals surface area (Å²) in [6, 6.07) is 15.1. The number of quaternary nitrogens is 1. The normalized spacial score (nSPS) is 18.7. The van der Waals surface area contributed by atoms with Crippen molar-refractivity contribution in [2.45, 2.75) is 30.2 Å². The molecule has 0 radical (unpaired) electrons. The fourth-order valence-electron chi connectivity index (χ4n) is 4.62. The molecule has 1 atom stereocenters. The van der Waals surface area contributed by atoms with Crippen LogP contribution in [0.15, 0.2) is 53.4 Å². The average molecular weight is 429 g/mol.